The molecule has 6 heteroatoms. The van der Waals surface area contributed by atoms with E-state index in [1.807, 2.05) is 12.1 Å². The Morgan fingerprint density at radius 1 is 1.10 bits per heavy atom. The van der Waals surface area contributed by atoms with Gasteiger partial charge in [-0.25, -0.2) is 0 Å². The first kappa shape index (κ1) is 14.6. The van der Waals surface area contributed by atoms with Gasteiger partial charge >= 0.3 is 6.18 Å². The van der Waals surface area contributed by atoms with E-state index in [9.17, 15) is 13.2 Å². The molecule has 112 valence electrons. The predicted molar refractivity (Wildman–Crippen MR) is 78.4 cm³/mol. The third kappa shape index (κ3) is 3.28. The molecule has 0 saturated carbocycles. The maximum atomic E-state index is 12.8. The molecule has 1 aromatic carbocycles. The lowest BCUT2D eigenvalue weighted by Crippen LogP contribution is -2.42. The fourth-order valence-electron chi connectivity index (χ4n) is 2.40. The standard InChI is InChI=1S/C15H15F3N2S/c16-15(17,18)11-3-1-2-10(8-11)13-4-5-14(21-13)12-9-19-6-7-20-12/h1-5,8,12,19-20H,6-7,9H2/t12-/m0/s1. The molecule has 0 spiro atoms. The van der Waals surface area contributed by atoms with Gasteiger partial charge in [0.15, 0.2) is 0 Å². The first-order valence-corrected chi connectivity index (χ1v) is 7.57. The highest BCUT2D eigenvalue weighted by Gasteiger charge is 2.30. The van der Waals surface area contributed by atoms with Crippen LogP contribution in [0.25, 0.3) is 10.4 Å². The molecule has 1 aliphatic heterocycles. The van der Waals surface area contributed by atoms with Gasteiger partial charge in [0.2, 0.25) is 0 Å². The van der Waals surface area contributed by atoms with Crippen LogP contribution in [0, 0.1) is 0 Å². The Morgan fingerprint density at radius 2 is 1.95 bits per heavy atom. The number of thiophene rings is 1. The van der Waals surface area contributed by atoms with E-state index in [1.165, 1.54) is 12.1 Å². The predicted octanol–water partition coefficient (Wildman–Crippen LogP) is 3.67. The zero-order valence-corrected chi connectivity index (χ0v) is 12.0. The van der Waals surface area contributed by atoms with Crippen molar-refractivity contribution in [2.24, 2.45) is 0 Å². The molecule has 2 aromatic rings. The molecule has 3 rings (SSSR count). The second-order valence-corrected chi connectivity index (χ2v) is 6.11. The lowest BCUT2D eigenvalue weighted by Gasteiger charge is -2.23. The van der Waals surface area contributed by atoms with Crippen molar-refractivity contribution in [2.75, 3.05) is 19.6 Å². The molecule has 0 amide bonds. The van der Waals surface area contributed by atoms with Crippen molar-refractivity contribution in [1.82, 2.24) is 10.6 Å². The summed E-state index contributed by atoms with van der Waals surface area (Å²) in [6.45, 7) is 2.70. The molecule has 0 radical (unpaired) electrons. The summed E-state index contributed by atoms with van der Waals surface area (Å²) in [6.07, 6.45) is -4.30. The minimum Gasteiger partial charge on any atom is -0.314 e. The Balaban J connectivity index is 1.86. The van der Waals surface area contributed by atoms with Gasteiger partial charge in [0.25, 0.3) is 0 Å². The molecule has 2 heterocycles. The van der Waals surface area contributed by atoms with Crippen LogP contribution in [-0.4, -0.2) is 19.6 Å². The van der Waals surface area contributed by atoms with Crippen molar-refractivity contribution < 1.29 is 13.2 Å². The summed E-state index contributed by atoms with van der Waals surface area (Å²) in [7, 11) is 0. The van der Waals surface area contributed by atoms with Crippen molar-refractivity contribution in [2.45, 2.75) is 12.2 Å². The Hall–Kier alpha value is -1.37. The van der Waals surface area contributed by atoms with Gasteiger partial charge in [0.05, 0.1) is 11.6 Å². The van der Waals surface area contributed by atoms with Crippen molar-refractivity contribution in [3.8, 4) is 10.4 Å². The fourth-order valence-corrected chi connectivity index (χ4v) is 3.48. The van der Waals surface area contributed by atoms with Gasteiger partial charge in [-0.15, -0.1) is 11.3 Å². The van der Waals surface area contributed by atoms with Gasteiger partial charge in [0, 0.05) is 29.4 Å². The Morgan fingerprint density at radius 3 is 2.67 bits per heavy atom. The minimum absolute atomic E-state index is 0.239. The topological polar surface area (TPSA) is 24.1 Å². The van der Waals surface area contributed by atoms with Crippen LogP contribution in [0.3, 0.4) is 0 Å². The molecule has 1 aliphatic rings. The highest BCUT2D eigenvalue weighted by Crippen LogP contribution is 2.35. The van der Waals surface area contributed by atoms with E-state index < -0.39 is 11.7 Å². The molecular formula is C15H15F3N2S. The second-order valence-electron chi connectivity index (χ2n) is 4.99. The van der Waals surface area contributed by atoms with Crippen molar-refractivity contribution in [3.63, 3.8) is 0 Å². The van der Waals surface area contributed by atoms with Crippen LogP contribution in [-0.2, 0) is 6.18 Å². The van der Waals surface area contributed by atoms with Crippen LogP contribution < -0.4 is 10.6 Å². The number of halogens is 3. The van der Waals surface area contributed by atoms with Crippen molar-refractivity contribution >= 4 is 11.3 Å². The lowest BCUT2D eigenvalue weighted by molar-refractivity contribution is -0.137. The molecule has 21 heavy (non-hydrogen) atoms. The molecule has 2 N–H and O–H groups in total. The number of alkyl halides is 3. The van der Waals surface area contributed by atoms with E-state index in [0.717, 1.165) is 35.5 Å². The number of rotatable bonds is 2. The molecule has 0 aliphatic carbocycles. The molecule has 1 fully saturated rings. The minimum atomic E-state index is -4.30. The molecule has 0 bridgehead atoms. The van der Waals surface area contributed by atoms with Gasteiger partial charge in [-0.1, -0.05) is 12.1 Å². The number of nitrogens with one attached hydrogen (secondary N) is 2. The summed E-state index contributed by atoms with van der Waals surface area (Å²) < 4.78 is 38.3. The lowest BCUT2D eigenvalue weighted by atomic mass is 10.1. The van der Waals surface area contributed by atoms with Crippen LogP contribution in [0.2, 0.25) is 0 Å². The SMILES string of the molecule is FC(F)(F)c1cccc(-c2ccc([C@@H]3CNCCN3)s2)c1. The van der Waals surface area contributed by atoms with E-state index in [0.29, 0.717) is 5.56 Å². The summed E-state index contributed by atoms with van der Waals surface area (Å²) >= 11 is 1.54. The van der Waals surface area contributed by atoms with Crippen LogP contribution in [0.4, 0.5) is 13.2 Å². The van der Waals surface area contributed by atoms with E-state index in [-0.39, 0.29) is 6.04 Å². The number of hydrogen-bond donors (Lipinski definition) is 2. The monoisotopic (exact) mass is 312 g/mol. The largest absolute Gasteiger partial charge is 0.416 e. The van der Waals surface area contributed by atoms with Crippen LogP contribution in [0.5, 0.6) is 0 Å². The third-order valence-electron chi connectivity index (χ3n) is 3.49. The molecule has 2 nitrogen and oxygen atoms in total. The van der Waals surface area contributed by atoms with Crippen molar-refractivity contribution in [3.05, 3.63) is 46.8 Å². The van der Waals surface area contributed by atoms with Gasteiger partial charge < -0.3 is 10.6 Å². The number of benzene rings is 1. The van der Waals surface area contributed by atoms with E-state index in [4.69, 9.17) is 0 Å². The van der Waals surface area contributed by atoms with Gasteiger partial charge in [0.1, 0.15) is 0 Å². The van der Waals surface area contributed by atoms with Crippen LogP contribution in [0.15, 0.2) is 36.4 Å². The van der Waals surface area contributed by atoms with Crippen LogP contribution >= 0.6 is 11.3 Å². The van der Waals surface area contributed by atoms with E-state index in [2.05, 4.69) is 10.6 Å². The summed E-state index contributed by atoms with van der Waals surface area (Å²) in [5, 5.41) is 6.71. The smallest absolute Gasteiger partial charge is 0.314 e. The maximum absolute atomic E-state index is 12.8. The third-order valence-corrected chi connectivity index (χ3v) is 4.73. The number of hydrogen-bond acceptors (Lipinski definition) is 3. The van der Waals surface area contributed by atoms with Gasteiger partial charge in [-0.2, -0.15) is 13.2 Å². The summed E-state index contributed by atoms with van der Waals surface area (Å²) in [6, 6.07) is 9.61. The molecule has 1 saturated heterocycles. The Kier molecular flexibility index (Phi) is 4.01. The van der Waals surface area contributed by atoms with E-state index >= 15 is 0 Å². The zero-order chi connectivity index (χ0) is 14.9. The fraction of sp³-hybridized carbons (Fsp3) is 0.333. The number of piperazine rings is 1. The van der Waals surface area contributed by atoms with Crippen LogP contribution in [0.1, 0.15) is 16.5 Å². The average Bonchev–Trinajstić information content (AvgIpc) is 2.97. The highest BCUT2D eigenvalue weighted by molar-refractivity contribution is 7.15. The van der Waals surface area contributed by atoms with E-state index in [1.54, 1.807) is 17.4 Å². The molecule has 1 atom stereocenters. The molecule has 1 aromatic heterocycles. The average molecular weight is 312 g/mol. The zero-order valence-electron chi connectivity index (χ0n) is 11.2. The first-order valence-electron chi connectivity index (χ1n) is 6.75. The quantitative estimate of drug-likeness (QED) is 0.884. The summed E-state index contributed by atoms with van der Waals surface area (Å²) in [4.78, 5) is 2.01. The normalized spacial score (nSPS) is 19.7. The second kappa shape index (κ2) is 5.79. The maximum Gasteiger partial charge on any atom is 0.416 e. The van der Waals surface area contributed by atoms with Gasteiger partial charge in [-0.3, -0.25) is 0 Å². The van der Waals surface area contributed by atoms with Crippen molar-refractivity contribution in [1.29, 1.82) is 0 Å². The summed E-state index contributed by atoms with van der Waals surface area (Å²) in [5.74, 6) is 0. The first-order chi connectivity index (χ1) is 10.0. The molecular weight excluding hydrogens is 297 g/mol. The summed E-state index contributed by atoms with van der Waals surface area (Å²) in [5.41, 5.74) is 0.0113. The highest BCUT2D eigenvalue weighted by atomic mass is 32.1. The van der Waals surface area contributed by atoms with Gasteiger partial charge in [-0.05, 0) is 29.8 Å². The Bertz CT molecular complexity index is 615. The Labute approximate surface area is 125 Å². The molecule has 0 unspecified atom stereocenters.